The average molecular weight is 354 g/mol. The highest BCUT2D eigenvalue weighted by atomic mass is 79.9. The van der Waals surface area contributed by atoms with Crippen LogP contribution in [-0.2, 0) is 0 Å². The first-order valence-corrected chi connectivity index (χ1v) is 6.98. The Bertz CT molecular complexity index is 456. The molecule has 0 atom stereocenters. The van der Waals surface area contributed by atoms with Gasteiger partial charge in [-0.3, -0.25) is 0 Å². The number of hydrogen-bond acceptors (Lipinski definition) is 4. The lowest BCUT2D eigenvalue weighted by Gasteiger charge is -1.90. The molecule has 0 saturated heterocycles. The SMILES string of the molecule is Cc1sc(N)nc1-c1cc(Br)c(Br)s1. The topological polar surface area (TPSA) is 38.9 Å². The van der Waals surface area contributed by atoms with Crippen LogP contribution in [0.3, 0.4) is 0 Å². The number of anilines is 1. The van der Waals surface area contributed by atoms with E-state index < -0.39 is 0 Å². The number of nitrogen functional groups attached to an aromatic ring is 1. The molecule has 0 saturated carbocycles. The summed E-state index contributed by atoms with van der Waals surface area (Å²) in [7, 11) is 0. The van der Waals surface area contributed by atoms with E-state index in [1.807, 2.05) is 6.92 Å². The number of aryl methyl sites for hydroxylation is 1. The van der Waals surface area contributed by atoms with Crippen molar-refractivity contribution >= 4 is 59.7 Å². The summed E-state index contributed by atoms with van der Waals surface area (Å²) >= 11 is 10.1. The zero-order valence-electron chi connectivity index (χ0n) is 7.17. The minimum atomic E-state index is 0.623. The lowest BCUT2D eigenvalue weighted by atomic mass is 10.3. The molecule has 0 fully saturated rings. The van der Waals surface area contributed by atoms with Crippen LogP contribution in [0.2, 0.25) is 0 Å². The van der Waals surface area contributed by atoms with Gasteiger partial charge in [0.05, 0.1) is 14.4 Å². The minimum Gasteiger partial charge on any atom is -0.375 e. The Morgan fingerprint density at radius 3 is 2.50 bits per heavy atom. The Morgan fingerprint density at radius 2 is 2.07 bits per heavy atom. The van der Waals surface area contributed by atoms with E-state index in [2.05, 4.69) is 42.9 Å². The van der Waals surface area contributed by atoms with Crippen LogP contribution >= 0.6 is 54.5 Å². The number of rotatable bonds is 1. The van der Waals surface area contributed by atoms with Crippen LogP contribution in [0.25, 0.3) is 10.6 Å². The fourth-order valence-electron chi connectivity index (χ4n) is 1.11. The summed E-state index contributed by atoms with van der Waals surface area (Å²) in [4.78, 5) is 6.59. The van der Waals surface area contributed by atoms with Gasteiger partial charge in [-0.15, -0.1) is 22.7 Å². The van der Waals surface area contributed by atoms with Crippen LogP contribution in [0.1, 0.15) is 4.88 Å². The number of nitrogens with two attached hydrogens (primary N) is 1. The van der Waals surface area contributed by atoms with Crippen molar-refractivity contribution in [3.05, 3.63) is 19.2 Å². The van der Waals surface area contributed by atoms with Gasteiger partial charge in [-0.2, -0.15) is 0 Å². The fourth-order valence-corrected chi connectivity index (χ4v) is 3.96. The largest absolute Gasteiger partial charge is 0.375 e. The van der Waals surface area contributed by atoms with Gasteiger partial charge in [0.25, 0.3) is 0 Å². The van der Waals surface area contributed by atoms with Gasteiger partial charge in [-0.25, -0.2) is 4.98 Å². The molecule has 0 aliphatic heterocycles. The Kier molecular flexibility index (Phi) is 2.97. The van der Waals surface area contributed by atoms with E-state index in [-0.39, 0.29) is 0 Å². The van der Waals surface area contributed by atoms with Gasteiger partial charge in [0.15, 0.2) is 5.13 Å². The van der Waals surface area contributed by atoms with E-state index in [1.165, 1.54) is 11.3 Å². The maximum absolute atomic E-state index is 5.65. The minimum absolute atomic E-state index is 0.623. The first-order valence-electron chi connectivity index (χ1n) is 3.76. The zero-order valence-corrected chi connectivity index (χ0v) is 12.0. The van der Waals surface area contributed by atoms with E-state index in [4.69, 9.17) is 5.73 Å². The van der Waals surface area contributed by atoms with Crippen molar-refractivity contribution in [3.8, 4) is 10.6 Å². The molecule has 2 rings (SSSR count). The maximum atomic E-state index is 5.65. The van der Waals surface area contributed by atoms with Crippen molar-refractivity contribution in [3.63, 3.8) is 0 Å². The third-order valence-corrected chi connectivity index (χ3v) is 5.75. The summed E-state index contributed by atoms with van der Waals surface area (Å²) in [5, 5.41) is 0.623. The van der Waals surface area contributed by atoms with Gasteiger partial charge in [0, 0.05) is 9.35 Å². The van der Waals surface area contributed by atoms with Crippen LogP contribution < -0.4 is 5.73 Å². The summed E-state index contributed by atoms with van der Waals surface area (Å²) in [5.41, 5.74) is 6.64. The molecule has 74 valence electrons. The summed E-state index contributed by atoms with van der Waals surface area (Å²) in [6.45, 7) is 2.03. The van der Waals surface area contributed by atoms with Crippen LogP contribution in [0, 0.1) is 6.92 Å². The maximum Gasteiger partial charge on any atom is 0.180 e. The molecule has 2 aromatic rings. The Labute approximate surface area is 106 Å². The molecule has 2 N–H and O–H groups in total. The quantitative estimate of drug-likeness (QED) is 0.830. The molecule has 6 heteroatoms. The third kappa shape index (κ3) is 1.88. The Hall–Kier alpha value is 0.0900. The highest BCUT2D eigenvalue weighted by Gasteiger charge is 2.12. The summed E-state index contributed by atoms with van der Waals surface area (Å²) in [5.74, 6) is 0. The summed E-state index contributed by atoms with van der Waals surface area (Å²) < 4.78 is 2.14. The number of aromatic nitrogens is 1. The average Bonchev–Trinajstić information content (AvgIpc) is 2.57. The fraction of sp³-hybridized carbons (Fsp3) is 0.125. The molecule has 2 heterocycles. The lowest BCUT2D eigenvalue weighted by Crippen LogP contribution is -1.81. The molecular formula is C8H6Br2N2S2. The van der Waals surface area contributed by atoms with E-state index in [9.17, 15) is 0 Å². The van der Waals surface area contributed by atoms with Crippen LogP contribution in [0.5, 0.6) is 0 Å². The van der Waals surface area contributed by atoms with Gasteiger partial charge in [0.2, 0.25) is 0 Å². The van der Waals surface area contributed by atoms with Gasteiger partial charge in [0.1, 0.15) is 0 Å². The first kappa shape index (κ1) is 10.6. The number of thiophene rings is 1. The second kappa shape index (κ2) is 3.92. The van der Waals surface area contributed by atoms with E-state index >= 15 is 0 Å². The Morgan fingerprint density at radius 1 is 1.36 bits per heavy atom. The highest BCUT2D eigenvalue weighted by Crippen LogP contribution is 2.40. The first-order chi connectivity index (χ1) is 6.58. The molecule has 0 aliphatic carbocycles. The highest BCUT2D eigenvalue weighted by molar-refractivity contribution is 9.13. The van der Waals surface area contributed by atoms with Gasteiger partial charge in [-0.05, 0) is 44.8 Å². The molecule has 0 unspecified atom stereocenters. The molecule has 0 aliphatic rings. The van der Waals surface area contributed by atoms with Gasteiger partial charge in [-0.1, -0.05) is 0 Å². The van der Waals surface area contributed by atoms with Crippen molar-refractivity contribution in [1.82, 2.24) is 4.98 Å². The molecule has 2 nitrogen and oxygen atoms in total. The van der Waals surface area contributed by atoms with Crippen LogP contribution in [0.4, 0.5) is 5.13 Å². The number of thiazole rings is 1. The van der Waals surface area contributed by atoms with E-state index in [0.29, 0.717) is 5.13 Å². The van der Waals surface area contributed by atoms with E-state index in [0.717, 1.165) is 23.7 Å². The second-order valence-electron chi connectivity index (χ2n) is 2.69. The predicted molar refractivity (Wildman–Crippen MR) is 70.0 cm³/mol. The summed E-state index contributed by atoms with van der Waals surface area (Å²) in [6, 6.07) is 2.05. The molecular weight excluding hydrogens is 348 g/mol. The molecule has 2 aromatic heterocycles. The molecule has 0 spiro atoms. The van der Waals surface area contributed by atoms with E-state index in [1.54, 1.807) is 11.3 Å². The van der Waals surface area contributed by atoms with Crippen molar-refractivity contribution in [2.45, 2.75) is 6.92 Å². The summed E-state index contributed by atoms with van der Waals surface area (Å²) in [6.07, 6.45) is 0. The molecule has 0 amide bonds. The van der Waals surface area contributed by atoms with Crippen molar-refractivity contribution < 1.29 is 0 Å². The van der Waals surface area contributed by atoms with Gasteiger partial charge >= 0.3 is 0 Å². The number of nitrogens with zero attached hydrogens (tertiary/aromatic N) is 1. The molecule has 0 aromatic carbocycles. The predicted octanol–water partition coefficient (Wildman–Crippen LogP) is 4.29. The molecule has 14 heavy (non-hydrogen) atoms. The number of halogens is 2. The zero-order chi connectivity index (χ0) is 10.3. The lowest BCUT2D eigenvalue weighted by molar-refractivity contribution is 1.40. The Balaban J connectivity index is 2.54. The smallest absolute Gasteiger partial charge is 0.180 e. The van der Waals surface area contributed by atoms with Crippen molar-refractivity contribution in [1.29, 1.82) is 0 Å². The number of hydrogen-bond donors (Lipinski definition) is 1. The second-order valence-corrected chi connectivity index (χ2v) is 7.15. The monoisotopic (exact) mass is 352 g/mol. The normalized spacial score (nSPS) is 10.8. The van der Waals surface area contributed by atoms with Crippen LogP contribution in [0.15, 0.2) is 14.3 Å². The standard InChI is InChI=1S/C8H6Br2N2S2/c1-3-6(12-8(11)13-3)5-2-4(9)7(10)14-5/h2H,1H3,(H2,11,12). The van der Waals surface area contributed by atoms with Crippen LogP contribution in [-0.4, -0.2) is 4.98 Å². The molecule has 0 radical (unpaired) electrons. The van der Waals surface area contributed by atoms with Crippen molar-refractivity contribution in [2.24, 2.45) is 0 Å². The van der Waals surface area contributed by atoms with Crippen molar-refractivity contribution in [2.75, 3.05) is 5.73 Å². The molecule has 0 bridgehead atoms. The van der Waals surface area contributed by atoms with Gasteiger partial charge < -0.3 is 5.73 Å². The third-order valence-electron chi connectivity index (χ3n) is 1.69.